The summed E-state index contributed by atoms with van der Waals surface area (Å²) in [6.45, 7) is 10.2. The van der Waals surface area contributed by atoms with Crippen LogP contribution in [0.4, 0.5) is 10.1 Å². The molecule has 0 spiro atoms. The molecule has 4 aliphatic rings. The minimum absolute atomic E-state index is 0.164. The average Bonchev–Trinajstić information content (AvgIpc) is 2.80. The van der Waals surface area contributed by atoms with Gasteiger partial charge in [-0.05, 0) is 67.7 Å². The predicted octanol–water partition coefficient (Wildman–Crippen LogP) is 1.77. The van der Waals surface area contributed by atoms with E-state index in [0.717, 1.165) is 61.9 Å². The minimum Gasteiger partial charge on any atom is -0.383 e. The van der Waals surface area contributed by atoms with Crippen molar-refractivity contribution in [3.63, 3.8) is 0 Å². The number of thiocarbonyl (C=S) groups is 1. The van der Waals surface area contributed by atoms with Crippen LogP contribution in [-0.4, -0.2) is 93.6 Å². The van der Waals surface area contributed by atoms with Crippen LogP contribution in [0.25, 0.3) is 0 Å². The fraction of sp³-hybridized carbons (Fsp3) is 0.696. The molecule has 0 radical (unpaired) electrons. The number of ether oxygens (including phenoxy) is 1. The highest BCUT2D eigenvalue weighted by atomic mass is 32.1. The molecule has 4 heterocycles. The number of piperidine rings is 3. The third-order valence-electron chi connectivity index (χ3n) is 7.16. The van der Waals surface area contributed by atoms with Crippen molar-refractivity contribution in [1.82, 2.24) is 20.4 Å². The summed E-state index contributed by atoms with van der Waals surface area (Å²) in [7, 11) is 1.70. The second-order valence-electron chi connectivity index (χ2n) is 9.09. The summed E-state index contributed by atoms with van der Waals surface area (Å²) in [5.41, 5.74) is 1.13. The highest BCUT2D eigenvalue weighted by Crippen LogP contribution is 2.36. The zero-order chi connectivity index (χ0) is 21.6. The Morgan fingerprint density at radius 2 is 1.90 bits per heavy atom. The first-order valence-electron chi connectivity index (χ1n) is 11.6. The zero-order valence-electron chi connectivity index (χ0n) is 18.6. The lowest BCUT2D eigenvalue weighted by Crippen LogP contribution is -2.59. The fourth-order valence-corrected chi connectivity index (χ4v) is 5.57. The molecule has 1 aromatic carbocycles. The molecule has 5 rings (SSSR count). The predicted molar refractivity (Wildman–Crippen MR) is 127 cm³/mol. The number of rotatable bonds is 8. The van der Waals surface area contributed by atoms with Gasteiger partial charge in [-0.15, -0.1) is 0 Å². The number of methoxy groups -OCH3 is 1. The SMILES string of the molecule is COCCNC(=S)NCC1CC2CCN1CC2CN1CCN(c2ccc(F)cc2)CC1. The van der Waals surface area contributed by atoms with E-state index in [1.807, 2.05) is 12.1 Å². The minimum atomic E-state index is -0.164. The van der Waals surface area contributed by atoms with Crippen LogP contribution in [0.15, 0.2) is 24.3 Å². The first-order valence-corrected chi connectivity index (χ1v) is 12.0. The largest absolute Gasteiger partial charge is 0.383 e. The number of anilines is 1. The molecule has 6 nitrogen and oxygen atoms in total. The van der Waals surface area contributed by atoms with Crippen molar-refractivity contribution in [2.24, 2.45) is 11.8 Å². The van der Waals surface area contributed by atoms with Crippen molar-refractivity contribution in [2.75, 3.05) is 77.5 Å². The maximum Gasteiger partial charge on any atom is 0.166 e. The van der Waals surface area contributed by atoms with Crippen LogP contribution in [-0.2, 0) is 4.74 Å². The Morgan fingerprint density at radius 1 is 1.13 bits per heavy atom. The van der Waals surface area contributed by atoms with E-state index in [-0.39, 0.29) is 5.82 Å². The molecule has 1 aromatic rings. The van der Waals surface area contributed by atoms with Gasteiger partial charge in [-0.3, -0.25) is 9.80 Å². The van der Waals surface area contributed by atoms with Gasteiger partial charge in [0.1, 0.15) is 5.82 Å². The number of hydrogen-bond acceptors (Lipinski definition) is 5. The summed E-state index contributed by atoms with van der Waals surface area (Å²) >= 11 is 5.38. The number of piperazine rings is 1. The van der Waals surface area contributed by atoms with E-state index in [1.54, 1.807) is 19.2 Å². The molecule has 8 heteroatoms. The van der Waals surface area contributed by atoms with E-state index >= 15 is 0 Å². The van der Waals surface area contributed by atoms with Crippen LogP contribution >= 0.6 is 12.2 Å². The smallest absolute Gasteiger partial charge is 0.166 e. The van der Waals surface area contributed by atoms with Crippen LogP contribution in [0.1, 0.15) is 12.8 Å². The van der Waals surface area contributed by atoms with Crippen LogP contribution in [0.5, 0.6) is 0 Å². The van der Waals surface area contributed by atoms with Crippen molar-refractivity contribution in [1.29, 1.82) is 0 Å². The average molecular weight is 450 g/mol. The van der Waals surface area contributed by atoms with Gasteiger partial charge >= 0.3 is 0 Å². The van der Waals surface area contributed by atoms with E-state index in [0.29, 0.717) is 12.6 Å². The molecule has 0 saturated carbocycles. The first kappa shape index (κ1) is 22.7. The number of fused-ring (bicyclic) bond motifs is 3. The monoisotopic (exact) mass is 449 g/mol. The van der Waals surface area contributed by atoms with Gasteiger partial charge in [0.25, 0.3) is 0 Å². The van der Waals surface area contributed by atoms with E-state index in [9.17, 15) is 4.39 Å². The van der Waals surface area contributed by atoms with E-state index in [4.69, 9.17) is 17.0 Å². The number of hydrogen-bond donors (Lipinski definition) is 2. The highest BCUT2D eigenvalue weighted by Gasteiger charge is 2.40. The molecular weight excluding hydrogens is 413 g/mol. The Kier molecular flexibility index (Phi) is 7.98. The van der Waals surface area contributed by atoms with Crippen molar-refractivity contribution >= 4 is 23.0 Å². The van der Waals surface area contributed by atoms with E-state index in [2.05, 4.69) is 25.3 Å². The molecule has 2 bridgehead atoms. The summed E-state index contributed by atoms with van der Waals surface area (Å²) in [5.74, 6) is 1.43. The third kappa shape index (κ3) is 6.06. The molecule has 172 valence electrons. The lowest BCUT2D eigenvalue weighted by Gasteiger charge is -2.51. The molecule has 4 saturated heterocycles. The molecule has 0 amide bonds. The molecule has 2 N–H and O–H groups in total. The van der Waals surface area contributed by atoms with Gasteiger partial charge in [0.2, 0.25) is 0 Å². The lowest BCUT2D eigenvalue weighted by molar-refractivity contribution is -0.0110. The van der Waals surface area contributed by atoms with Crippen molar-refractivity contribution in [3.8, 4) is 0 Å². The molecule has 4 atom stereocenters. The summed E-state index contributed by atoms with van der Waals surface area (Å²) < 4.78 is 18.2. The first-order chi connectivity index (χ1) is 15.1. The highest BCUT2D eigenvalue weighted by molar-refractivity contribution is 7.80. The van der Waals surface area contributed by atoms with Gasteiger partial charge in [0.15, 0.2) is 5.11 Å². The van der Waals surface area contributed by atoms with Gasteiger partial charge in [0.05, 0.1) is 6.61 Å². The zero-order valence-corrected chi connectivity index (χ0v) is 19.4. The van der Waals surface area contributed by atoms with Gasteiger partial charge in [-0.1, -0.05) is 0 Å². The second kappa shape index (κ2) is 10.9. The summed E-state index contributed by atoms with van der Waals surface area (Å²) in [5, 5.41) is 7.33. The standard InChI is InChI=1S/C23H36FN5OS/c1-30-13-7-25-23(31)26-15-22-14-18-6-8-29(22)17-19(18)16-27-9-11-28(12-10-27)21-4-2-20(24)3-5-21/h2-5,18-19,22H,6-17H2,1H3,(H2,25,26,31). The van der Waals surface area contributed by atoms with Gasteiger partial charge < -0.3 is 20.3 Å². The van der Waals surface area contributed by atoms with Gasteiger partial charge in [0, 0.05) is 71.2 Å². The van der Waals surface area contributed by atoms with Gasteiger partial charge in [-0.2, -0.15) is 0 Å². The Labute approximate surface area is 191 Å². The van der Waals surface area contributed by atoms with Crippen LogP contribution in [0.2, 0.25) is 0 Å². The van der Waals surface area contributed by atoms with Crippen LogP contribution < -0.4 is 15.5 Å². The molecule has 4 aliphatic heterocycles. The maximum atomic E-state index is 13.2. The van der Waals surface area contributed by atoms with Crippen molar-refractivity contribution < 1.29 is 9.13 Å². The Balaban J connectivity index is 1.19. The normalized spacial score (nSPS) is 28.5. The molecule has 4 unspecified atom stereocenters. The summed E-state index contributed by atoms with van der Waals surface area (Å²) in [6, 6.07) is 7.49. The topological polar surface area (TPSA) is 43.0 Å². The quantitative estimate of drug-likeness (QED) is 0.463. The number of halogens is 1. The number of benzene rings is 1. The third-order valence-corrected chi connectivity index (χ3v) is 7.45. The maximum absolute atomic E-state index is 13.2. The summed E-state index contributed by atoms with van der Waals surface area (Å²) in [4.78, 5) is 7.68. The van der Waals surface area contributed by atoms with Crippen molar-refractivity contribution in [2.45, 2.75) is 18.9 Å². The number of nitrogens with one attached hydrogen (secondary N) is 2. The summed E-state index contributed by atoms with van der Waals surface area (Å²) in [6.07, 6.45) is 2.60. The van der Waals surface area contributed by atoms with Crippen molar-refractivity contribution in [3.05, 3.63) is 30.1 Å². The van der Waals surface area contributed by atoms with E-state index < -0.39 is 0 Å². The second-order valence-corrected chi connectivity index (χ2v) is 9.50. The van der Waals surface area contributed by atoms with Crippen LogP contribution in [0.3, 0.4) is 0 Å². The Morgan fingerprint density at radius 3 is 2.58 bits per heavy atom. The molecule has 0 aliphatic carbocycles. The molecule has 4 fully saturated rings. The molecule has 31 heavy (non-hydrogen) atoms. The lowest BCUT2D eigenvalue weighted by atomic mass is 9.75. The molecule has 0 aromatic heterocycles. The number of nitrogens with zero attached hydrogens (tertiary/aromatic N) is 3. The Hall–Kier alpha value is -1.48. The fourth-order valence-electron chi connectivity index (χ4n) is 5.38. The van der Waals surface area contributed by atoms with Gasteiger partial charge in [-0.25, -0.2) is 4.39 Å². The Bertz CT molecular complexity index is 712. The van der Waals surface area contributed by atoms with Crippen LogP contribution in [0, 0.1) is 17.7 Å². The van der Waals surface area contributed by atoms with E-state index in [1.165, 1.54) is 32.5 Å². The molecular formula is C23H36FN5OS.